The second kappa shape index (κ2) is 19.6. The van der Waals surface area contributed by atoms with Crippen LogP contribution < -0.4 is 21.1 Å². The number of rotatable bonds is 22. The summed E-state index contributed by atoms with van der Waals surface area (Å²) in [4.78, 5) is 23.0. The fourth-order valence-corrected chi connectivity index (χ4v) is 8.63. The Morgan fingerprint density at radius 1 is 0.844 bits per heavy atom. The highest BCUT2D eigenvalue weighted by atomic mass is 32.1. The summed E-state index contributed by atoms with van der Waals surface area (Å²) < 4.78 is 37.8. The van der Waals surface area contributed by atoms with Gasteiger partial charge in [-0.25, -0.2) is 14.8 Å². The van der Waals surface area contributed by atoms with Crippen molar-refractivity contribution >= 4 is 52.0 Å². The van der Waals surface area contributed by atoms with Gasteiger partial charge in [-0.05, 0) is 48.9 Å². The lowest BCUT2D eigenvalue weighted by Gasteiger charge is -2.36. The first-order valence-corrected chi connectivity index (χ1v) is 22.2. The molecule has 2 aliphatic heterocycles. The number of benzene rings is 4. The number of nitrogen functional groups attached to an aromatic ring is 1. The van der Waals surface area contributed by atoms with Crippen LogP contribution >= 0.6 is 12.6 Å². The molecule has 0 bridgehead atoms. The van der Waals surface area contributed by atoms with Crippen LogP contribution in [-0.2, 0) is 42.3 Å². The molecule has 16 heteroatoms. The Hall–Kier alpha value is -5.62. The number of nitrogens with two attached hydrogens (primary N) is 1. The predicted octanol–water partition coefficient (Wildman–Crippen LogP) is 7.50. The minimum atomic E-state index is -1.32. The van der Waals surface area contributed by atoms with Crippen LogP contribution in [0.4, 0.5) is 11.5 Å². The molecule has 4 aromatic carbocycles. The number of pyridine rings is 1. The molecule has 64 heavy (non-hydrogen) atoms. The Bertz CT molecular complexity index is 2570. The average molecular weight is 893 g/mol. The smallest absolute Gasteiger partial charge is 0.340 e. The maximum absolute atomic E-state index is 13.4. The van der Waals surface area contributed by atoms with Gasteiger partial charge in [0.1, 0.15) is 39.8 Å². The SMILES string of the molecule is CCCCc1nc2c(N)nc3ccccc3c2n1CC(C)(C)COCCOCCOCCOCCNC(S)Nc1ccc2c(c1)C(=O)OC21c2ccc(O)cc2Oc2cc(O)ccc21. The number of carbonyl (C=O) groups excluding carboxylic acids is 1. The van der Waals surface area contributed by atoms with Crippen molar-refractivity contribution in [3.05, 3.63) is 107 Å². The van der Waals surface area contributed by atoms with E-state index >= 15 is 0 Å². The van der Waals surface area contributed by atoms with Gasteiger partial charge in [0.25, 0.3) is 0 Å². The first-order valence-electron chi connectivity index (χ1n) is 21.7. The van der Waals surface area contributed by atoms with E-state index in [-0.39, 0.29) is 16.9 Å². The number of phenolic OH excluding ortho intramolecular Hbond substituents is 2. The number of carbonyl (C=O) groups is 1. The van der Waals surface area contributed by atoms with Crippen molar-refractivity contribution in [2.75, 3.05) is 70.5 Å². The quantitative estimate of drug-likeness (QED) is 0.0170. The maximum Gasteiger partial charge on any atom is 0.340 e. The summed E-state index contributed by atoms with van der Waals surface area (Å²) in [6.45, 7) is 11.6. The highest BCUT2D eigenvalue weighted by Crippen LogP contribution is 2.57. The van der Waals surface area contributed by atoms with Crippen LogP contribution in [0.1, 0.15) is 66.5 Å². The number of nitrogens with one attached hydrogen (secondary N) is 2. The molecule has 8 rings (SSSR count). The minimum Gasteiger partial charge on any atom is -0.508 e. The van der Waals surface area contributed by atoms with Gasteiger partial charge in [-0.3, -0.25) is 5.32 Å². The topological polar surface area (TPSA) is 194 Å². The Morgan fingerprint density at radius 2 is 1.48 bits per heavy atom. The summed E-state index contributed by atoms with van der Waals surface area (Å²) in [5, 5.41) is 27.9. The monoisotopic (exact) mass is 892 g/mol. The molecular weight excluding hydrogens is 837 g/mol. The third-order valence-electron chi connectivity index (χ3n) is 11.3. The normalized spacial score (nSPS) is 14.3. The van der Waals surface area contributed by atoms with E-state index in [2.05, 4.69) is 59.7 Å². The Balaban J connectivity index is 0.712. The number of nitrogens with zero attached hydrogens (tertiary/aromatic N) is 3. The standard InChI is InChI=1S/C48H56N6O9S/c1-4-5-10-41-53-42-43(33-8-6-7-9-38(33)52-44(42)49)54(41)28-47(2,3)29-61-24-23-60-22-21-59-20-19-58-18-17-50-46(64)51-30-11-14-35-34(25-30)45(57)63-48(35)36-15-12-31(55)26-39(36)62-40-27-32(56)13-16-37(40)48/h6-9,11-16,25-27,46,50-51,55-56,64H,4-5,10,17-24,28-29H2,1-3H3,(H2,49,52). The average Bonchev–Trinajstić information content (AvgIpc) is 3.77. The number of fused-ring (bicyclic) bond motifs is 9. The van der Waals surface area contributed by atoms with Crippen LogP contribution in [0.3, 0.4) is 0 Å². The summed E-state index contributed by atoms with van der Waals surface area (Å²) in [5.74, 6) is 1.62. The highest BCUT2D eigenvalue weighted by Gasteiger charge is 2.53. The fraction of sp³-hybridized carbons (Fsp3) is 0.396. The van der Waals surface area contributed by atoms with Gasteiger partial charge in [0.2, 0.25) is 0 Å². The molecule has 0 amide bonds. The van der Waals surface area contributed by atoms with E-state index in [4.69, 9.17) is 39.1 Å². The Kier molecular flexibility index (Phi) is 13.8. The maximum atomic E-state index is 13.4. The van der Waals surface area contributed by atoms with Gasteiger partial charge in [-0.1, -0.05) is 51.5 Å². The van der Waals surface area contributed by atoms with E-state index in [0.717, 1.165) is 53.6 Å². The van der Waals surface area contributed by atoms with Gasteiger partial charge in [-0.15, -0.1) is 12.6 Å². The van der Waals surface area contributed by atoms with Crippen LogP contribution in [-0.4, -0.2) is 95.6 Å². The second-order valence-corrected chi connectivity index (χ2v) is 17.3. The summed E-state index contributed by atoms with van der Waals surface area (Å²) >= 11 is 4.63. The molecule has 338 valence electrons. The number of aryl methyl sites for hydroxylation is 1. The van der Waals surface area contributed by atoms with E-state index < -0.39 is 17.1 Å². The number of para-hydroxylation sites is 1. The number of imidazole rings is 1. The molecular formula is C48H56N6O9S. The van der Waals surface area contributed by atoms with E-state index in [1.165, 1.54) is 24.3 Å². The highest BCUT2D eigenvalue weighted by molar-refractivity contribution is 7.81. The van der Waals surface area contributed by atoms with Crippen LogP contribution in [0.5, 0.6) is 23.0 Å². The predicted molar refractivity (Wildman–Crippen MR) is 248 cm³/mol. The lowest BCUT2D eigenvalue weighted by molar-refractivity contribution is -0.0144. The summed E-state index contributed by atoms with van der Waals surface area (Å²) in [6, 6.07) is 22.8. The molecule has 0 saturated carbocycles. The third-order valence-corrected chi connectivity index (χ3v) is 11.6. The summed E-state index contributed by atoms with van der Waals surface area (Å²) in [7, 11) is 0. The van der Waals surface area contributed by atoms with Crippen LogP contribution in [0.2, 0.25) is 0 Å². The zero-order valence-corrected chi connectivity index (χ0v) is 37.3. The molecule has 4 heterocycles. The molecule has 0 saturated heterocycles. The van der Waals surface area contributed by atoms with E-state index in [1.807, 2.05) is 30.3 Å². The molecule has 0 fully saturated rings. The number of aromatic nitrogens is 3. The number of hydrogen-bond acceptors (Lipinski definition) is 15. The largest absolute Gasteiger partial charge is 0.508 e. The van der Waals surface area contributed by atoms with Crippen molar-refractivity contribution in [2.45, 2.75) is 57.7 Å². The van der Waals surface area contributed by atoms with Gasteiger partial charge < -0.3 is 54.3 Å². The van der Waals surface area contributed by atoms with Crippen LogP contribution in [0, 0.1) is 5.41 Å². The summed E-state index contributed by atoms with van der Waals surface area (Å²) in [6.07, 6.45) is 3.00. The number of aromatic hydroxyl groups is 2. The van der Waals surface area contributed by atoms with E-state index in [0.29, 0.717) is 105 Å². The first-order chi connectivity index (χ1) is 31.0. The number of thiol groups is 1. The van der Waals surface area contributed by atoms with E-state index in [1.54, 1.807) is 18.2 Å². The van der Waals surface area contributed by atoms with Gasteiger partial charge in [0.05, 0.1) is 69.5 Å². The Labute approximate surface area is 377 Å². The fourth-order valence-electron chi connectivity index (χ4n) is 8.35. The van der Waals surface area contributed by atoms with E-state index in [9.17, 15) is 15.0 Å². The molecule has 0 aliphatic carbocycles. The zero-order valence-electron chi connectivity index (χ0n) is 36.4. The number of unbranched alkanes of at least 4 members (excludes halogenated alkanes) is 1. The number of hydrogen-bond donors (Lipinski definition) is 6. The van der Waals surface area contributed by atoms with Crippen LogP contribution in [0.15, 0.2) is 78.9 Å². The van der Waals surface area contributed by atoms with Gasteiger partial charge in [-0.2, -0.15) is 0 Å². The third kappa shape index (κ3) is 9.58. The number of ether oxygens (including phenoxy) is 6. The van der Waals surface area contributed by atoms with Gasteiger partial charge in [0.15, 0.2) is 11.4 Å². The number of anilines is 2. The number of phenols is 2. The number of esters is 1. The van der Waals surface area contributed by atoms with Crippen molar-refractivity contribution in [1.82, 2.24) is 19.9 Å². The first kappa shape index (κ1) is 45.0. The minimum absolute atomic E-state index is 0.00384. The summed E-state index contributed by atoms with van der Waals surface area (Å²) in [5.41, 5.74) is 9.91. The van der Waals surface area contributed by atoms with Crippen molar-refractivity contribution < 1.29 is 43.4 Å². The molecule has 6 N–H and O–H groups in total. The molecule has 2 aromatic heterocycles. The molecule has 1 spiro atoms. The zero-order chi connectivity index (χ0) is 44.8. The lowest BCUT2D eigenvalue weighted by Crippen LogP contribution is -2.34. The van der Waals surface area contributed by atoms with Crippen LogP contribution in [0.25, 0.3) is 21.9 Å². The molecule has 6 aromatic rings. The van der Waals surface area contributed by atoms with Crippen molar-refractivity contribution in [1.29, 1.82) is 0 Å². The van der Waals surface area contributed by atoms with Gasteiger partial charge >= 0.3 is 5.97 Å². The Morgan fingerprint density at radius 3 is 2.17 bits per heavy atom. The molecule has 15 nitrogen and oxygen atoms in total. The van der Waals surface area contributed by atoms with Crippen molar-refractivity contribution in [2.24, 2.45) is 5.41 Å². The van der Waals surface area contributed by atoms with Crippen molar-refractivity contribution in [3.63, 3.8) is 0 Å². The second-order valence-electron chi connectivity index (χ2n) is 16.8. The molecule has 1 unspecified atom stereocenters. The molecule has 1 atom stereocenters. The lowest BCUT2D eigenvalue weighted by atomic mass is 9.77. The van der Waals surface area contributed by atoms with Crippen molar-refractivity contribution in [3.8, 4) is 23.0 Å². The van der Waals surface area contributed by atoms with Gasteiger partial charge in [0, 0.05) is 64.8 Å². The molecule has 2 aliphatic rings. The molecule has 0 radical (unpaired) electrons.